The highest BCUT2D eigenvalue weighted by Crippen LogP contribution is 2.20. The van der Waals surface area contributed by atoms with Crippen molar-refractivity contribution in [1.82, 2.24) is 4.31 Å². The number of methoxy groups -OCH3 is 1. The summed E-state index contributed by atoms with van der Waals surface area (Å²) in [5.74, 6) is -0.488. The number of esters is 1. The van der Waals surface area contributed by atoms with Gasteiger partial charge in [0.1, 0.15) is 0 Å². The van der Waals surface area contributed by atoms with E-state index in [-0.39, 0.29) is 23.3 Å². The summed E-state index contributed by atoms with van der Waals surface area (Å²) in [6, 6.07) is 5.83. The van der Waals surface area contributed by atoms with E-state index in [4.69, 9.17) is 5.73 Å². The van der Waals surface area contributed by atoms with Crippen LogP contribution in [-0.4, -0.2) is 44.9 Å². The maximum absolute atomic E-state index is 12.4. The van der Waals surface area contributed by atoms with Crippen LogP contribution in [0.3, 0.4) is 0 Å². The van der Waals surface area contributed by atoms with Gasteiger partial charge < -0.3 is 10.5 Å². The second-order valence-corrected chi connectivity index (χ2v) is 6.70. The van der Waals surface area contributed by atoms with Crippen molar-refractivity contribution in [3.05, 3.63) is 29.8 Å². The molecule has 1 aromatic carbocycles. The molecule has 118 valence electrons. The Bertz CT molecular complexity index is 581. The van der Waals surface area contributed by atoms with E-state index in [0.717, 1.165) is 0 Å². The molecule has 0 amide bonds. The second-order valence-electron chi connectivity index (χ2n) is 4.76. The topological polar surface area (TPSA) is 89.7 Å². The maximum atomic E-state index is 12.4. The number of nitrogens with zero attached hydrogens (tertiary/aromatic N) is 1. The molecule has 1 aliphatic heterocycles. The van der Waals surface area contributed by atoms with Crippen molar-refractivity contribution in [2.45, 2.75) is 23.8 Å². The Morgan fingerprint density at radius 3 is 2.24 bits per heavy atom. The Hall–Kier alpha value is -1.15. The first kappa shape index (κ1) is 17.9. The summed E-state index contributed by atoms with van der Waals surface area (Å²) in [6.45, 7) is 0.866. The Balaban J connectivity index is 0.00000220. The maximum Gasteiger partial charge on any atom is 0.337 e. The van der Waals surface area contributed by atoms with Crippen LogP contribution in [0.4, 0.5) is 0 Å². The van der Waals surface area contributed by atoms with E-state index in [1.165, 1.54) is 35.7 Å². The quantitative estimate of drug-likeness (QED) is 0.833. The molecule has 0 radical (unpaired) electrons. The highest BCUT2D eigenvalue weighted by atomic mass is 35.5. The van der Waals surface area contributed by atoms with Crippen LogP contribution in [0.1, 0.15) is 23.2 Å². The number of halogens is 1. The van der Waals surface area contributed by atoms with Crippen LogP contribution in [0.5, 0.6) is 0 Å². The van der Waals surface area contributed by atoms with Gasteiger partial charge in [-0.25, -0.2) is 13.2 Å². The molecule has 1 fully saturated rings. The SMILES string of the molecule is COC(=O)c1ccc(S(=O)(=O)N2CCC(N)CC2)cc1.Cl. The monoisotopic (exact) mass is 334 g/mol. The largest absolute Gasteiger partial charge is 0.465 e. The summed E-state index contributed by atoms with van der Waals surface area (Å²) in [5, 5.41) is 0. The number of rotatable bonds is 3. The Labute approximate surface area is 130 Å². The molecule has 21 heavy (non-hydrogen) atoms. The van der Waals surface area contributed by atoms with Crippen LogP contribution in [0.15, 0.2) is 29.2 Å². The Kier molecular flexibility index (Phi) is 6.15. The molecule has 1 saturated heterocycles. The van der Waals surface area contributed by atoms with E-state index in [0.29, 0.717) is 31.5 Å². The van der Waals surface area contributed by atoms with Crippen molar-refractivity contribution in [2.24, 2.45) is 5.73 Å². The number of hydrogen-bond donors (Lipinski definition) is 1. The number of sulfonamides is 1. The van der Waals surface area contributed by atoms with Crippen molar-refractivity contribution in [3.63, 3.8) is 0 Å². The van der Waals surface area contributed by atoms with Crippen molar-refractivity contribution >= 4 is 28.4 Å². The minimum atomic E-state index is -3.51. The molecule has 8 heteroatoms. The van der Waals surface area contributed by atoms with Gasteiger partial charge in [-0.2, -0.15) is 4.31 Å². The fraction of sp³-hybridized carbons (Fsp3) is 0.462. The van der Waals surface area contributed by atoms with E-state index in [1.54, 1.807) is 0 Å². The van der Waals surface area contributed by atoms with Gasteiger partial charge in [0, 0.05) is 19.1 Å². The molecular formula is C13H19ClN2O4S. The van der Waals surface area contributed by atoms with Gasteiger partial charge >= 0.3 is 5.97 Å². The fourth-order valence-corrected chi connectivity index (χ4v) is 3.62. The van der Waals surface area contributed by atoms with Crippen molar-refractivity contribution in [3.8, 4) is 0 Å². The lowest BCUT2D eigenvalue weighted by Crippen LogP contribution is -2.42. The summed E-state index contributed by atoms with van der Waals surface area (Å²) < 4.78 is 30.8. The molecule has 2 rings (SSSR count). The molecular weight excluding hydrogens is 316 g/mol. The zero-order valence-electron chi connectivity index (χ0n) is 11.7. The predicted molar refractivity (Wildman–Crippen MR) is 81.0 cm³/mol. The Morgan fingerprint density at radius 2 is 1.76 bits per heavy atom. The van der Waals surface area contributed by atoms with Gasteiger partial charge in [-0.05, 0) is 37.1 Å². The summed E-state index contributed by atoms with van der Waals surface area (Å²) in [5.41, 5.74) is 6.10. The number of benzene rings is 1. The summed E-state index contributed by atoms with van der Waals surface area (Å²) in [7, 11) is -2.23. The summed E-state index contributed by atoms with van der Waals surface area (Å²) >= 11 is 0. The van der Waals surface area contributed by atoms with Crippen LogP contribution in [0.2, 0.25) is 0 Å². The first-order valence-corrected chi connectivity index (χ1v) is 7.83. The molecule has 1 aliphatic rings. The molecule has 2 N–H and O–H groups in total. The number of nitrogens with two attached hydrogens (primary N) is 1. The molecule has 1 aromatic rings. The predicted octanol–water partition coefficient (Wildman–Crippen LogP) is 1.01. The lowest BCUT2D eigenvalue weighted by Gasteiger charge is -2.29. The van der Waals surface area contributed by atoms with E-state index < -0.39 is 16.0 Å². The number of piperidine rings is 1. The third-order valence-corrected chi connectivity index (χ3v) is 5.32. The third kappa shape index (κ3) is 3.94. The highest BCUT2D eigenvalue weighted by molar-refractivity contribution is 7.89. The van der Waals surface area contributed by atoms with Crippen LogP contribution >= 0.6 is 12.4 Å². The van der Waals surface area contributed by atoms with Gasteiger partial charge in [0.2, 0.25) is 10.0 Å². The molecule has 0 aromatic heterocycles. The van der Waals surface area contributed by atoms with Crippen LogP contribution in [0.25, 0.3) is 0 Å². The average Bonchev–Trinajstić information content (AvgIpc) is 2.47. The molecule has 0 spiro atoms. The number of ether oxygens (including phenoxy) is 1. The Morgan fingerprint density at radius 1 is 1.24 bits per heavy atom. The van der Waals surface area contributed by atoms with E-state index in [2.05, 4.69) is 4.74 Å². The minimum absolute atomic E-state index is 0. The van der Waals surface area contributed by atoms with Gasteiger partial charge in [-0.15, -0.1) is 12.4 Å². The fourth-order valence-electron chi connectivity index (χ4n) is 2.15. The number of carbonyl (C=O) groups is 1. The lowest BCUT2D eigenvalue weighted by atomic mass is 10.1. The normalized spacial score (nSPS) is 17.0. The first-order chi connectivity index (χ1) is 9.45. The van der Waals surface area contributed by atoms with Crippen molar-refractivity contribution in [2.75, 3.05) is 20.2 Å². The molecule has 0 aliphatic carbocycles. The highest BCUT2D eigenvalue weighted by Gasteiger charge is 2.28. The summed E-state index contributed by atoms with van der Waals surface area (Å²) in [6.07, 6.45) is 1.33. The lowest BCUT2D eigenvalue weighted by molar-refractivity contribution is 0.0600. The van der Waals surface area contributed by atoms with E-state index in [1.807, 2.05) is 0 Å². The first-order valence-electron chi connectivity index (χ1n) is 6.39. The molecule has 0 bridgehead atoms. The molecule has 0 saturated carbocycles. The smallest absolute Gasteiger partial charge is 0.337 e. The van der Waals surface area contributed by atoms with Gasteiger partial charge in [0.05, 0.1) is 17.6 Å². The number of carbonyl (C=O) groups excluding carboxylic acids is 1. The summed E-state index contributed by atoms with van der Waals surface area (Å²) in [4.78, 5) is 11.5. The van der Waals surface area contributed by atoms with E-state index in [9.17, 15) is 13.2 Å². The molecule has 1 heterocycles. The second kappa shape index (κ2) is 7.22. The minimum Gasteiger partial charge on any atom is -0.465 e. The molecule has 0 atom stereocenters. The van der Waals surface area contributed by atoms with Gasteiger partial charge in [0.15, 0.2) is 0 Å². The van der Waals surface area contributed by atoms with Crippen LogP contribution in [0, 0.1) is 0 Å². The van der Waals surface area contributed by atoms with Gasteiger partial charge in [-0.1, -0.05) is 0 Å². The third-order valence-electron chi connectivity index (χ3n) is 3.41. The number of hydrogen-bond acceptors (Lipinski definition) is 5. The van der Waals surface area contributed by atoms with Crippen molar-refractivity contribution < 1.29 is 17.9 Å². The van der Waals surface area contributed by atoms with Crippen LogP contribution < -0.4 is 5.73 Å². The molecule has 6 nitrogen and oxygen atoms in total. The van der Waals surface area contributed by atoms with E-state index >= 15 is 0 Å². The van der Waals surface area contributed by atoms with Gasteiger partial charge in [-0.3, -0.25) is 0 Å². The van der Waals surface area contributed by atoms with Crippen LogP contribution in [-0.2, 0) is 14.8 Å². The van der Waals surface area contributed by atoms with Gasteiger partial charge in [0.25, 0.3) is 0 Å². The van der Waals surface area contributed by atoms with Crippen molar-refractivity contribution in [1.29, 1.82) is 0 Å². The standard InChI is InChI=1S/C13H18N2O4S.ClH/c1-19-13(16)10-2-4-12(5-3-10)20(17,18)15-8-6-11(14)7-9-15;/h2-5,11H,6-9,14H2,1H3;1H. The molecule has 0 unspecified atom stereocenters. The average molecular weight is 335 g/mol. The zero-order chi connectivity index (χ0) is 14.8. The zero-order valence-corrected chi connectivity index (χ0v) is 13.3.